The van der Waals surface area contributed by atoms with Crippen LogP contribution in [0, 0.1) is 0 Å². The van der Waals surface area contributed by atoms with Crippen LogP contribution in [0.5, 0.6) is 0 Å². The lowest BCUT2D eigenvalue weighted by Crippen LogP contribution is -2.00. The summed E-state index contributed by atoms with van der Waals surface area (Å²) in [6.07, 6.45) is 4.92. The molecule has 0 bridgehead atoms. The fourth-order valence-corrected chi connectivity index (χ4v) is 1.56. The van der Waals surface area contributed by atoms with Crippen LogP contribution in [0.1, 0.15) is 19.8 Å². The molecule has 0 saturated heterocycles. The van der Waals surface area contributed by atoms with Gasteiger partial charge in [0.15, 0.2) is 5.16 Å². The minimum absolute atomic E-state index is 0.264. The highest BCUT2D eigenvalue weighted by Crippen LogP contribution is 2.11. The molecule has 0 saturated carbocycles. The second-order valence-corrected chi connectivity index (χ2v) is 3.55. The summed E-state index contributed by atoms with van der Waals surface area (Å²) in [7, 11) is 0. The average molecular weight is 196 g/mol. The number of carbonyl (C=O) groups is 1. The Hall–Kier alpha value is -0.900. The van der Waals surface area contributed by atoms with Gasteiger partial charge < -0.3 is 0 Å². The highest BCUT2D eigenvalue weighted by atomic mass is 32.2. The maximum atomic E-state index is 11.1. The SMILES string of the molecule is CCCC(=O)CSc1ncccn1. The predicted molar refractivity (Wildman–Crippen MR) is 52.7 cm³/mol. The van der Waals surface area contributed by atoms with Crippen LogP contribution in [0.3, 0.4) is 0 Å². The molecule has 1 heterocycles. The minimum Gasteiger partial charge on any atom is -0.299 e. The van der Waals surface area contributed by atoms with Crippen molar-refractivity contribution in [1.29, 1.82) is 0 Å². The molecule has 0 fully saturated rings. The van der Waals surface area contributed by atoms with Crippen molar-refractivity contribution in [1.82, 2.24) is 9.97 Å². The molecule has 4 heteroatoms. The van der Waals surface area contributed by atoms with E-state index in [2.05, 4.69) is 9.97 Å². The summed E-state index contributed by atoms with van der Waals surface area (Å²) in [6.45, 7) is 2.00. The Kier molecular flexibility index (Phi) is 4.46. The van der Waals surface area contributed by atoms with Gasteiger partial charge in [-0.05, 0) is 12.5 Å². The second-order valence-electron chi connectivity index (χ2n) is 2.61. The molecule has 1 aromatic heterocycles. The summed E-state index contributed by atoms with van der Waals surface area (Å²) in [4.78, 5) is 19.2. The van der Waals surface area contributed by atoms with Gasteiger partial charge in [0.05, 0.1) is 5.75 Å². The number of rotatable bonds is 5. The molecule has 0 aliphatic carbocycles. The summed E-state index contributed by atoms with van der Waals surface area (Å²) in [6, 6.07) is 1.76. The van der Waals surface area contributed by atoms with E-state index >= 15 is 0 Å². The maximum absolute atomic E-state index is 11.1. The molecule has 3 nitrogen and oxygen atoms in total. The van der Waals surface area contributed by atoms with Gasteiger partial charge in [0.2, 0.25) is 0 Å². The van der Waals surface area contributed by atoms with Crippen LogP contribution < -0.4 is 0 Å². The first-order valence-electron chi connectivity index (χ1n) is 4.24. The van der Waals surface area contributed by atoms with Crippen LogP contribution in [-0.2, 0) is 4.79 Å². The number of aromatic nitrogens is 2. The molecule has 0 radical (unpaired) electrons. The Labute approximate surface area is 82.0 Å². The van der Waals surface area contributed by atoms with Crippen LogP contribution in [-0.4, -0.2) is 21.5 Å². The first-order valence-corrected chi connectivity index (χ1v) is 5.23. The van der Waals surface area contributed by atoms with Crippen LogP contribution in [0.25, 0.3) is 0 Å². The summed E-state index contributed by atoms with van der Waals surface area (Å²) in [5.41, 5.74) is 0. The number of hydrogen-bond acceptors (Lipinski definition) is 4. The van der Waals surface area contributed by atoms with Crippen molar-refractivity contribution in [3.63, 3.8) is 0 Å². The van der Waals surface area contributed by atoms with Crippen molar-refractivity contribution in [2.45, 2.75) is 24.9 Å². The molecule has 0 aromatic carbocycles. The molecule has 0 unspecified atom stereocenters. The lowest BCUT2D eigenvalue weighted by Gasteiger charge is -1.97. The number of hydrogen-bond donors (Lipinski definition) is 0. The predicted octanol–water partition coefficient (Wildman–Crippen LogP) is 1.94. The van der Waals surface area contributed by atoms with Gasteiger partial charge in [-0.2, -0.15) is 0 Å². The van der Waals surface area contributed by atoms with E-state index in [-0.39, 0.29) is 5.78 Å². The van der Waals surface area contributed by atoms with E-state index in [1.54, 1.807) is 18.5 Å². The van der Waals surface area contributed by atoms with Gasteiger partial charge in [-0.15, -0.1) is 0 Å². The van der Waals surface area contributed by atoms with E-state index in [0.717, 1.165) is 6.42 Å². The van der Waals surface area contributed by atoms with Crippen molar-refractivity contribution in [3.8, 4) is 0 Å². The topological polar surface area (TPSA) is 42.9 Å². The number of carbonyl (C=O) groups excluding carboxylic acids is 1. The van der Waals surface area contributed by atoms with Crippen LogP contribution in [0.15, 0.2) is 23.6 Å². The normalized spacial score (nSPS) is 9.92. The van der Waals surface area contributed by atoms with Gasteiger partial charge >= 0.3 is 0 Å². The Bertz CT molecular complexity index is 264. The average Bonchev–Trinajstić information content (AvgIpc) is 2.17. The van der Waals surface area contributed by atoms with Crippen molar-refractivity contribution in [3.05, 3.63) is 18.5 Å². The van der Waals surface area contributed by atoms with Gasteiger partial charge in [0.1, 0.15) is 5.78 Å². The molecule has 0 aliphatic heterocycles. The smallest absolute Gasteiger partial charge is 0.187 e. The maximum Gasteiger partial charge on any atom is 0.187 e. The third kappa shape index (κ3) is 4.03. The molecule has 1 aromatic rings. The largest absolute Gasteiger partial charge is 0.299 e. The monoisotopic (exact) mass is 196 g/mol. The first kappa shape index (κ1) is 10.2. The number of Topliss-reactive ketones (excluding diaryl/α,β-unsaturated/α-hetero) is 1. The molecular formula is C9H12N2OS. The van der Waals surface area contributed by atoms with Gasteiger partial charge in [-0.25, -0.2) is 9.97 Å². The lowest BCUT2D eigenvalue weighted by atomic mass is 10.3. The van der Waals surface area contributed by atoms with Crippen molar-refractivity contribution in [2.24, 2.45) is 0 Å². The Morgan fingerprint density at radius 2 is 2.15 bits per heavy atom. The van der Waals surface area contributed by atoms with Crippen LogP contribution >= 0.6 is 11.8 Å². The van der Waals surface area contributed by atoms with E-state index in [0.29, 0.717) is 17.3 Å². The number of thioether (sulfide) groups is 1. The molecule has 0 spiro atoms. The number of ketones is 1. The van der Waals surface area contributed by atoms with E-state index < -0.39 is 0 Å². The first-order chi connectivity index (χ1) is 6.33. The van der Waals surface area contributed by atoms with E-state index in [1.807, 2.05) is 6.92 Å². The molecule has 1 rings (SSSR count). The second kappa shape index (κ2) is 5.70. The molecule has 13 heavy (non-hydrogen) atoms. The third-order valence-corrected chi connectivity index (χ3v) is 2.37. The van der Waals surface area contributed by atoms with E-state index in [4.69, 9.17) is 0 Å². The molecule has 0 amide bonds. The molecule has 0 atom stereocenters. The Morgan fingerprint density at radius 1 is 1.46 bits per heavy atom. The summed E-state index contributed by atoms with van der Waals surface area (Å²) in [5, 5.41) is 0.673. The molecular weight excluding hydrogens is 184 g/mol. The van der Waals surface area contributed by atoms with Gasteiger partial charge in [-0.1, -0.05) is 18.7 Å². The zero-order valence-electron chi connectivity index (χ0n) is 7.56. The highest BCUT2D eigenvalue weighted by molar-refractivity contribution is 7.99. The Morgan fingerprint density at radius 3 is 2.77 bits per heavy atom. The Balaban J connectivity index is 2.31. The van der Waals surface area contributed by atoms with Crippen molar-refractivity contribution >= 4 is 17.5 Å². The number of nitrogens with zero attached hydrogens (tertiary/aromatic N) is 2. The molecule has 0 aliphatic rings. The van der Waals surface area contributed by atoms with E-state index in [9.17, 15) is 4.79 Å². The lowest BCUT2D eigenvalue weighted by molar-refractivity contribution is -0.116. The molecule has 0 N–H and O–H groups in total. The quantitative estimate of drug-likeness (QED) is 0.533. The van der Waals surface area contributed by atoms with Crippen LogP contribution in [0.4, 0.5) is 0 Å². The molecule has 70 valence electrons. The highest BCUT2D eigenvalue weighted by Gasteiger charge is 2.02. The minimum atomic E-state index is 0.264. The fraction of sp³-hybridized carbons (Fsp3) is 0.444. The summed E-state index contributed by atoms with van der Waals surface area (Å²) >= 11 is 1.40. The van der Waals surface area contributed by atoms with Crippen molar-refractivity contribution < 1.29 is 4.79 Å². The van der Waals surface area contributed by atoms with Gasteiger partial charge in [0, 0.05) is 18.8 Å². The van der Waals surface area contributed by atoms with Gasteiger partial charge in [0.25, 0.3) is 0 Å². The summed E-state index contributed by atoms with van der Waals surface area (Å²) < 4.78 is 0. The van der Waals surface area contributed by atoms with E-state index in [1.165, 1.54) is 11.8 Å². The third-order valence-electron chi connectivity index (χ3n) is 1.43. The van der Waals surface area contributed by atoms with Gasteiger partial charge in [-0.3, -0.25) is 4.79 Å². The fourth-order valence-electron chi connectivity index (χ4n) is 0.856. The zero-order valence-corrected chi connectivity index (χ0v) is 8.38. The van der Waals surface area contributed by atoms with Crippen molar-refractivity contribution in [2.75, 3.05) is 5.75 Å². The van der Waals surface area contributed by atoms with Crippen LogP contribution in [0.2, 0.25) is 0 Å². The summed E-state index contributed by atoms with van der Waals surface area (Å²) in [5.74, 6) is 0.748. The zero-order chi connectivity index (χ0) is 9.52. The standard InChI is InChI=1S/C9H12N2OS/c1-2-4-8(12)7-13-9-10-5-3-6-11-9/h3,5-6H,2,4,7H2,1H3.